The molecule has 1 aromatic rings. The summed E-state index contributed by atoms with van der Waals surface area (Å²) in [7, 11) is 2.00. The molecule has 2 atom stereocenters. The van der Waals surface area contributed by atoms with Gasteiger partial charge in [-0.2, -0.15) is 0 Å². The van der Waals surface area contributed by atoms with Crippen LogP contribution < -0.4 is 5.32 Å². The van der Waals surface area contributed by atoms with Gasteiger partial charge in [0, 0.05) is 19.1 Å². The molecule has 0 bridgehead atoms. The van der Waals surface area contributed by atoms with Crippen LogP contribution >= 0.6 is 0 Å². The van der Waals surface area contributed by atoms with Crippen molar-refractivity contribution in [1.29, 1.82) is 0 Å². The number of nitrogens with zero attached hydrogens (tertiary/aromatic N) is 3. The second-order valence-corrected chi connectivity index (χ2v) is 4.63. The van der Waals surface area contributed by atoms with Gasteiger partial charge in [-0.05, 0) is 26.3 Å². The van der Waals surface area contributed by atoms with Gasteiger partial charge in [-0.15, -0.1) is 5.10 Å². The van der Waals surface area contributed by atoms with Crippen LogP contribution in [0.4, 0.5) is 0 Å². The SMILES string of the molecule is CCCn1nncc1C(NC)C1CCCOC1. The summed E-state index contributed by atoms with van der Waals surface area (Å²) < 4.78 is 7.58. The van der Waals surface area contributed by atoms with Crippen molar-refractivity contribution in [3.05, 3.63) is 11.9 Å². The van der Waals surface area contributed by atoms with Gasteiger partial charge in [-0.25, -0.2) is 4.68 Å². The Morgan fingerprint density at radius 2 is 2.53 bits per heavy atom. The first-order valence-corrected chi connectivity index (χ1v) is 6.50. The molecule has 2 rings (SSSR count). The Morgan fingerprint density at radius 1 is 1.65 bits per heavy atom. The van der Waals surface area contributed by atoms with Gasteiger partial charge in [0.05, 0.1) is 24.5 Å². The largest absolute Gasteiger partial charge is 0.381 e. The molecule has 2 heterocycles. The van der Waals surface area contributed by atoms with Crippen molar-refractivity contribution in [3.63, 3.8) is 0 Å². The van der Waals surface area contributed by atoms with E-state index in [1.165, 1.54) is 12.1 Å². The molecule has 0 aliphatic carbocycles. The second kappa shape index (κ2) is 6.12. The van der Waals surface area contributed by atoms with Crippen LogP contribution in [-0.2, 0) is 11.3 Å². The lowest BCUT2D eigenvalue weighted by Gasteiger charge is -2.30. The topological polar surface area (TPSA) is 52.0 Å². The van der Waals surface area contributed by atoms with E-state index in [2.05, 4.69) is 22.6 Å². The predicted molar refractivity (Wildman–Crippen MR) is 65.7 cm³/mol. The molecule has 2 unspecified atom stereocenters. The highest BCUT2D eigenvalue weighted by molar-refractivity contribution is 5.04. The van der Waals surface area contributed by atoms with E-state index in [4.69, 9.17) is 4.74 Å². The third-order valence-corrected chi connectivity index (χ3v) is 3.38. The average molecular weight is 238 g/mol. The minimum atomic E-state index is 0.303. The van der Waals surface area contributed by atoms with Crippen LogP contribution in [0.25, 0.3) is 0 Å². The van der Waals surface area contributed by atoms with Crippen molar-refractivity contribution < 1.29 is 4.74 Å². The van der Waals surface area contributed by atoms with Gasteiger partial charge >= 0.3 is 0 Å². The molecular weight excluding hydrogens is 216 g/mol. The first kappa shape index (κ1) is 12.5. The van der Waals surface area contributed by atoms with Crippen molar-refractivity contribution in [1.82, 2.24) is 20.3 Å². The summed E-state index contributed by atoms with van der Waals surface area (Å²) in [6.07, 6.45) is 5.32. The van der Waals surface area contributed by atoms with Crippen molar-refractivity contribution in [2.45, 2.75) is 38.8 Å². The predicted octanol–water partition coefficient (Wildman–Crippen LogP) is 1.38. The number of aromatic nitrogens is 3. The van der Waals surface area contributed by atoms with E-state index in [0.717, 1.165) is 32.6 Å². The van der Waals surface area contributed by atoms with Crippen LogP contribution in [-0.4, -0.2) is 35.3 Å². The van der Waals surface area contributed by atoms with Crippen molar-refractivity contribution >= 4 is 0 Å². The Morgan fingerprint density at radius 3 is 3.18 bits per heavy atom. The lowest BCUT2D eigenvalue weighted by molar-refractivity contribution is 0.0388. The molecule has 17 heavy (non-hydrogen) atoms. The van der Waals surface area contributed by atoms with Crippen LogP contribution in [0.2, 0.25) is 0 Å². The number of hydrogen-bond donors (Lipinski definition) is 1. The normalized spacial score (nSPS) is 22.6. The van der Waals surface area contributed by atoms with Crippen LogP contribution in [0.3, 0.4) is 0 Å². The Balaban J connectivity index is 2.12. The molecule has 0 amide bonds. The minimum Gasteiger partial charge on any atom is -0.381 e. The maximum absolute atomic E-state index is 5.57. The number of aryl methyl sites for hydroxylation is 1. The lowest BCUT2D eigenvalue weighted by Crippen LogP contribution is -2.33. The Kier molecular flexibility index (Phi) is 4.50. The fourth-order valence-corrected chi connectivity index (χ4v) is 2.55. The summed E-state index contributed by atoms with van der Waals surface area (Å²) in [5.74, 6) is 0.530. The fourth-order valence-electron chi connectivity index (χ4n) is 2.55. The minimum absolute atomic E-state index is 0.303. The molecular formula is C12H22N4O. The molecule has 1 N–H and O–H groups in total. The number of rotatable bonds is 5. The zero-order chi connectivity index (χ0) is 12.1. The summed E-state index contributed by atoms with van der Waals surface area (Å²) >= 11 is 0. The molecule has 5 heteroatoms. The van der Waals surface area contributed by atoms with E-state index in [9.17, 15) is 0 Å². The van der Waals surface area contributed by atoms with Gasteiger partial charge in [0.15, 0.2) is 0 Å². The van der Waals surface area contributed by atoms with Gasteiger partial charge in [-0.3, -0.25) is 0 Å². The molecule has 96 valence electrons. The van der Waals surface area contributed by atoms with Gasteiger partial charge in [0.25, 0.3) is 0 Å². The standard InChI is InChI=1S/C12H22N4O/c1-3-6-16-11(8-14-15-16)12(13-2)10-5-4-7-17-9-10/h8,10,12-13H,3-7,9H2,1-2H3. The van der Waals surface area contributed by atoms with E-state index in [0.29, 0.717) is 12.0 Å². The average Bonchev–Trinajstić information content (AvgIpc) is 2.81. The van der Waals surface area contributed by atoms with E-state index in [1.54, 1.807) is 0 Å². The van der Waals surface area contributed by atoms with Crippen LogP contribution in [0.1, 0.15) is 37.9 Å². The van der Waals surface area contributed by atoms with E-state index < -0.39 is 0 Å². The summed E-state index contributed by atoms with van der Waals surface area (Å²) in [6.45, 7) is 4.83. The monoisotopic (exact) mass is 238 g/mol. The van der Waals surface area contributed by atoms with Crippen LogP contribution in [0, 0.1) is 5.92 Å². The molecule has 1 aromatic heterocycles. The summed E-state index contributed by atoms with van der Waals surface area (Å²) in [4.78, 5) is 0. The number of hydrogen-bond acceptors (Lipinski definition) is 4. The molecule has 1 aliphatic rings. The Labute approximate surface area is 103 Å². The maximum Gasteiger partial charge on any atom is 0.0760 e. The van der Waals surface area contributed by atoms with Crippen LogP contribution in [0.15, 0.2) is 6.20 Å². The molecule has 0 spiro atoms. The van der Waals surface area contributed by atoms with Gasteiger partial charge in [-0.1, -0.05) is 12.1 Å². The highest BCUT2D eigenvalue weighted by Crippen LogP contribution is 2.28. The third kappa shape index (κ3) is 2.84. The second-order valence-electron chi connectivity index (χ2n) is 4.63. The zero-order valence-corrected chi connectivity index (χ0v) is 10.7. The molecule has 5 nitrogen and oxygen atoms in total. The molecule has 1 saturated heterocycles. The highest BCUT2D eigenvalue weighted by Gasteiger charge is 2.27. The first-order valence-electron chi connectivity index (χ1n) is 6.50. The quantitative estimate of drug-likeness (QED) is 0.842. The first-order chi connectivity index (χ1) is 8.36. The maximum atomic E-state index is 5.57. The fraction of sp³-hybridized carbons (Fsp3) is 0.833. The molecule has 0 radical (unpaired) electrons. The van der Waals surface area contributed by atoms with Crippen LogP contribution in [0.5, 0.6) is 0 Å². The van der Waals surface area contributed by atoms with Crippen molar-refractivity contribution in [2.24, 2.45) is 5.92 Å². The summed E-state index contributed by atoms with van der Waals surface area (Å²) in [6, 6.07) is 0.303. The van der Waals surface area contributed by atoms with E-state index in [-0.39, 0.29) is 0 Å². The van der Waals surface area contributed by atoms with Gasteiger partial charge < -0.3 is 10.1 Å². The Bertz CT molecular complexity index is 333. The molecule has 1 fully saturated rings. The third-order valence-electron chi connectivity index (χ3n) is 3.38. The van der Waals surface area contributed by atoms with E-state index >= 15 is 0 Å². The van der Waals surface area contributed by atoms with E-state index in [1.807, 2.05) is 17.9 Å². The van der Waals surface area contributed by atoms with Gasteiger partial charge in [0.1, 0.15) is 0 Å². The summed E-state index contributed by atoms with van der Waals surface area (Å²) in [5, 5.41) is 11.6. The lowest BCUT2D eigenvalue weighted by atomic mass is 9.92. The Hall–Kier alpha value is -0.940. The number of nitrogens with one attached hydrogen (secondary N) is 1. The smallest absolute Gasteiger partial charge is 0.0760 e. The molecule has 1 aliphatic heterocycles. The van der Waals surface area contributed by atoms with Crippen molar-refractivity contribution in [2.75, 3.05) is 20.3 Å². The van der Waals surface area contributed by atoms with Gasteiger partial charge in [0.2, 0.25) is 0 Å². The zero-order valence-electron chi connectivity index (χ0n) is 10.7. The molecule has 0 aromatic carbocycles. The van der Waals surface area contributed by atoms with Crippen molar-refractivity contribution in [3.8, 4) is 0 Å². The molecule has 0 saturated carbocycles. The number of ether oxygens (including phenoxy) is 1. The highest BCUT2D eigenvalue weighted by atomic mass is 16.5. The summed E-state index contributed by atoms with van der Waals surface area (Å²) in [5.41, 5.74) is 1.19.